The fraction of sp³-hybridized carbons (Fsp3) is 0.471. The molecule has 1 aromatic heterocycles. The summed E-state index contributed by atoms with van der Waals surface area (Å²) in [7, 11) is 0. The first-order valence-corrected chi connectivity index (χ1v) is 7.61. The summed E-state index contributed by atoms with van der Waals surface area (Å²) < 4.78 is 2.06. The maximum atomic E-state index is 6.02. The van der Waals surface area contributed by atoms with Crippen LogP contribution in [0.1, 0.15) is 39.5 Å². The molecular weight excluding hydrogens is 246 g/mol. The number of hydrogen-bond acceptors (Lipinski definition) is 2. The van der Waals surface area contributed by atoms with E-state index in [4.69, 9.17) is 5.73 Å². The van der Waals surface area contributed by atoms with Gasteiger partial charge >= 0.3 is 0 Å². The lowest BCUT2D eigenvalue weighted by Gasteiger charge is -2.14. The van der Waals surface area contributed by atoms with E-state index in [2.05, 4.69) is 29.8 Å². The molecule has 0 aliphatic heterocycles. The van der Waals surface area contributed by atoms with Gasteiger partial charge < -0.3 is 5.73 Å². The maximum absolute atomic E-state index is 6.02. The molecule has 0 spiro atoms. The van der Waals surface area contributed by atoms with Crippen molar-refractivity contribution in [1.29, 1.82) is 0 Å². The first-order chi connectivity index (χ1) is 9.74. The molecule has 1 unspecified atom stereocenters. The molecule has 2 N–H and O–H groups in total. The zero-order valence-corrected chi connectivity index (χ0v) is 12.5. The Morgan fingerprint density at radius 3 is 2.75 bits per heavy atom. The molecule has 0 saturated carbocycles. The highest BCUT2D eigenvalue weighted by Gasteiger charge is 2.09. The van der Waals surface area contributed by atoms with Gasteiger partial charge in [-0.05, 0) is 18.4 Å². The Balaban J connectivity index is 2.07. The van der Waals surface area contributed by atoms with E-state index in [1.54, 1.807) is 0 Å². The molecule has 0 aliphatic carbocycles. The van der Waals surface area contributed by atoms with Crippen molar-refractivity contribution in [2.45, 2.75) is 46.1 Å². The average molecular weight is 271 g/mol. The van der Waals surface area contributed by atoms with Crippen LogP contribution < -0.4 is 5.73 Å². The van der Waals surface area contributed by atoms with Crippen molar-refractivity contribution < 1.29 is 0 Å². The second kappa shape index (κ2) is 7.13. The lowest BCUT2D eigenvalue weighted by atomic mass is 9.99. The number of nitrogen functional groups attached to an aromatic ring is 1. The Kier molecular flexibility index (Phi) is 5.22. The number of nitrogens with two attached hydrogens (primary N) is 1. The van der Waals surface area contributed by atoms with Crippen molar-refractivity contribution in [2.24, 2.45) is 5.92 Å². The highest BCUT2D eigenvalue weighted by molar-refractivity contribution is 5.75. The number of hydrogen-bond donors (Lipinski definition) is 1. The van der Waals surface area contributed by atoms with E-state index >= 15 is 0 Å². The fourth-order valence-corrected chi connectivity index (χ4v) is 2.54. The van der Waals surface area contributed by atoms with Crippen LogP contribution >= 0.6 is 0 Å². The van der Waals surface area contributed by atoms with Crippen molar-refractivity contribution in [1.82, 2.24) is 9.78 Å². The van der Waals surface area contributed by atoms with Crippen molar-refractivity contribution in [3.63, 3.8) is 0 Å². The van der Waals surface area contributed by atoms with Gasteiger partial charge in [-0.1, -0.05) is 51.3 Å². The minimum absolute atomic E-state index is 0.718. The normalized spacial score (nSPS) is 12.5. The Labute approximate surface area is 121 Å². The number of unbranched alkanes of at least 4 members (excludes halogenated alkanes) is 1. The first kappa shape index (κ1) is 14.6. The third-order valence-corrected chi connectivity index (χ3v) is 3.89. The number of aromatic nitrogens is 2. The van der Waals surface area contributed by atoms with E-state index in [0.717, 1.165) is 29.3 Å². The Hall–Kier alpha value is -1.77. The predicted molar refractivity (Wildman–Crippen MR) is 85.4 cm³/mol. The van der Waals surface area contributed by atoms with E-state index in [0.29, 0.717) is 0 Å². The molecule has 0 saturated heterocycles. The molecule has 1 aromatic carbocycles. The molecule has 0 fully saturated rings. The number of rotatable bonds is 7. The predicted octanol–water partition coefficient (Wildman–Crippen LogP) is 4.35. The molecule has 1 atom stereocenters. The lowest BCUT2D eigenvalue weighted by Crippen LogP contribution is -2.10. The van der Waals surface area contributed by atoms with Crippen molar-refractivity contribution >= 4 is 5.69 Å². The summed E-state index contributed by atoms with van der Waals surface area (Å²) in [4.78, 5) is 0. The van der Waals surface area contributed by atoms with Crippen LogP contribution in [0, 0.1) is 5.92 Å². The van der Waals surface area contributed by atoms with Gasteiger partial charge in [0, 0.05) is 29.6 Å². The van der Waals surface area contributed by atoms with Crippen LogP contribution in [-0.4, -0.2) is 9.78 Å². The molecule has 0 bridgehead atoms. The van der Waals surface area contributed by atoms with Crippen LogP contribution in [0.4, 0.5) is 5.69 Å². The molecule has 2 aromatic rings. The average Bonchev–Trinajstić information content (AvgIpc) is 2.92. The van der Waals surface area contributed by atoms with Gasteiger partial charge in [-0.2, -0.15) is 5.10 Å². The third-order valence-electron chi connectivity index (χ3n) is 3.89. The summed E-state index contributed by atoms with van der Waals surface area (Å²) in [6.45, 7) is 5.51. The van der Waals surface area contributed by atoms with Gasteiger partial charge in [-0.15, -0.1) is 0 Å². The quantitative estimate of drug-likeness (QED) is 0.761. The van der Waals surface area contributed by atoms with Crippen LogP contribution in [0.25, 0.3) is 11.1 Å². The third kappa shape index (κ3) is 3.62. The molecule has 2 rings (SSSR count). The summed E-state index contributed by atoms with van der Waals surface area (Å²) in [6.07, 6.45) is 9.09. The number of nitrogens with zero attached hydrogens (tertiary/aromatic N) is 2. The van der Waals surface area contributed by atoms with Crippen molar-refractivity contribution in [3.05, 3.63) is 36.7 Å². The molecule has 1 heterocycles. The molecule has 0 amide bonds. The maximum Gasteiger partial charge on any atom is 0.0569 e. The van der Waals surface area contributed by atoms with Gasteiger partial charge in [0.1, 0.15) is 0 Å². The molecule has 3 heteroatoms. The van der Waals surface area contributed by atoms with Gasteiger partial charge in [0.05, 0.1) is 6.20 Å². The second-order valence-corrected chi connectivity index (χ2v) is 5.45. The van der Waals surface area contributed by atoms with Crippen LogP contribution in [0.3, 0.4) is 0 Å². The molecular formula is C17H25N3. The lowest BCUT2D eigenvalue weighted by molar-refractivity contribution is 0.372. The van der Waals surface area contributed by atoms with E-state index in [1.165, 1.54) is 25.7 Å². The molecule has 0 aliphatic rings. The summed E-state index contributed by atoms with van der Waals surface area (Å²) in [6, 6.07) is 7.95. The molecule has 0 radical (unpaired) electrons. The largest absolute Gasteiger partial charge is 0.398 e. The smallest absolute Gasteiger partial charge is 0.0569 e. The fourth-order valence-electron chi connectivity index (χ4n) is 2.54. The van der Waals surface area contributed by atoms with Gasteiger partial charge in [-0.3, -0.25) is 4.68 Å². The Morgan fingerprint density at radius 2 is 2.05 bits per heavy atom. The molecule has 3 nitrogen and oxygen atoms in total. The number of benzene rings is 1. The van der Waals surface area contributed by atoms with E-state index in [-0.39, 0.29) is 0 Å². The number of anilines is 1. The Bertz CT molecular complexity index is 531. The standard InChI is InChI=1S/C17H25N3/c1-3-5-8-14(4-2)12-20-13-15(11-19-20)16-9-6-7-10-17(16)18/h6-7,9-11,13-14H,3-5,8,12,18H2,1-2H3. The SMILES string of the molecule is CCCCC(CC)Cn1cc(-c2ccccc2N)cn1. The van der Waals surface area contributed by atoms with Gasteiger partial charge in [0.15, 0.2) is 0 Å². The van der Waals surface area contributed by atoms with E-state index < -0.39 is 0 Å². The second-order valence-electron chi connectivity index (χ2n) is 5.45. The van der Waals surface area contributed by atoms with Gasteiger partial charge in [0.25, 0.3) is 0 Å². The molecule has 108 valence electrons. The van der Waals surface area contributed by atoms with Crippen molar-refractivity contribution in [2.75, 3.05) is 5.73 Å². The number of para-hydroxylation sites is 1. The summed E-state index contributed by atoms with van der Waals surface area (Å²) in [5.74, 6) is 0.718. The highest BCUT2D eigenvalue weighted by Crippen LogP contribution is 2.25. The van der Waals surface area contributed by atoms with Crippen LogP contribution in [0.2, 0.25) is 0 Å². The van der Waals surface area contributed by atoms with Crippen LogP contribution in [0.15, 0.2) is 36.7 Å². The summed E-state index contributed by atoms with van der Waals surface area (Å²) in [5.41, 5.74) is 9.00. The Morgan fingerprint density at radius 1 is 1.25 bits per heavy atom. The van der Waals surface area contributed by atoms with Crippen molar-refractivity contribution in [3.8, 4) is 11.1 Å². The highest BCUT2D eigenvalue weighted by atomic mass is 15.3. The van der Waals surface area contributed by atoms with Gasteiger partial charge in [-0.25, -0.2) is 0 Å². The topological polar surface area (TPSA) is 43.8 Å². The first-order valence-electron chi connectivity index (χ1n) is 7.61. The zero-order valence-electron chi connectivity index (χ0n) is 12.5. The summed E-state index contributed by atoms with van der Waals surface area (Å²) in [5, 5.41) is 4.49. The van der Waals surface area contributed by atoms with Gasteiger partial charge in [0.2, 0.25) is 0 Å². The van der Waals surface area contributed by atoms with E-state index in [1.807, 2.05) is 30.5 Å². The molecule has 20 heavy (non-hydrogen) atoms. The minimum atomic E-state index is 0.718. The van der Waals surface area contributed by atoms with Crippen LogP contribution in [0.5, 0.6) is 0 Å². The minimum Gasteiger partial charge on any atom is -0.398 e. The van der Waals surface area contributed by atoms with E-state index in [9.17, 15) is 0 Å². The monoisotopic (exact) mass is 271 g/mol. The summed E-state index contributed by atoms with van der Waals surface area (Å²) >= 11 is 0. The van der Waals surface area contributed by atoms with Crippen LogP contribution in [-0.2, 0) is 6.54 Å². The zero-order chi connectivity index (χ0) is 14.4.